The summed E-state index contributed by atoms with van der Waals surface area (Å²) in [6.45, 7) is 4.59. The zero-order valence-corrected chi connectivity index (χ0v) is 14.5. The fraction of sp³-hybridized carbons (Fsp3) is 0.500. The molecule has 24 heavy (non-hydrogen) atoms. The van der Waals surface area contributed by atoms with Gasteiger partial charge >= 0.3 is 0 Å². The van der Waals surface area contributed by atoms with Gasteiger partial charge in [-0.25, -0.2) is 13.1 Å². The van der Waals surface area contributed by atoms with E-state index in [0.717, 1.165) is 12.8 Å². The van der Waals surface area contributed by atoms with Gasteiger partial charge in [-0.05, 0) is 43.0 Å². The highest BCUT2D eigenvalue weighted by Gasteiger charge is 2.24. The van der Waals surface area contributed by atoms with Crippen LogP contribution in [0.4, 0.5) is 0 Å². The summed E-state index contributed by atoms with van der Waals surface area (Å²) >= 11 is 0. The molecule has 1 saturated carbocycles. The van der Waals surface area contributed by atoms with E-state index in [1.165, 1.54) is 12.1 Å². The summed E-state index contributed by atoms with van der Waals surface area (Å²) < 4.78 is 37.9. The van der Waals surface area contributed by atoms with Crippen LogP contribution in [0.15, 0.2) is 33.6 Å². The molecule has 1 N–H and O–H groups in total. The van der Waals surface area contributed by atoms with Crippen LogP contribution in [-0.2, 0) is 16.6 Å². The molecule has 3 rings (SSSR count). The van der Waals surface area contributed by atoms with Gasteiger partial charge in [-0.3, -0.25) is 0 Å². The molecule has 0 saturated heterocycles. The third-order valence-corrected chi connectivity index (χ3v) is 5.17. The predicted octanol–water partition coefficient (Wildman–Crippen LogP) is 2.46. The maximum Gasteiger partial charge on any atom is 0.253 e. The third kappa shape index (κ3) is 4.33. The van der Waals surface area contributed by atoms with Gasteiger partial charge in [-0.15, -0.1) is 10.2 Å². The molecule has 0 aliphatic heterocycles. The molecule has 2 aromatic rings. The van der Waals surface area contributed by atoms with Crippen LogP contribution < -0.4 is 9.46 Å². The second-order valence-electron chi connectivity index (χ2n) is 6.24. The molecular formula is C16H21N3O4S. The molecule has 1 fully saturated rings. The van der Waals surface area contributed by atoms with Crippen LogP contribution in [0.25, 0.3) is 0 Å². The largest absolute Gasteiger partial charge is 0.484 e. The summed E-state index contributed by atoms with van der Waals surface area (Å²) in [4.78, 5) is 0.232. The molecule has 8 heteroatoms. The maximum absolute atomic E-state index is 12.1. The van der Waals surface area contributed by atoms with E-state index in [0.29, 0.717) is 30.0 Å². The number of hydrogen-bond donors (Lipinski definition) is 1. The van der Waals surface area contributed by atoms with Crippen molar-refractivity contribution in [3.63, 3.8) is 0 Å². The lowest BCUT2D eigenvalue weighted by atomic mass is 10.2. The summed E-state index contributed by atoms with van der Waals surface area (Å²) in [6, 6.07) is 6.28. The standard InChI is InChI=1S/C16H21N3O4S/c1-11(2)16-19-18-15(23-16)10-22-13-5-7-14(8-6-13)24(20,21)17-9-12-3-4-12/h5-8,11-12,17H,3-4,9-10H2,1-2H3. The topological polar surface area (TPSA) is 94.3 Å². The quantitative estimate of drug-likeness (QED) is 0.785. The molecule has 0 atom stereocenters. The SMILES string of the molecule is CC(C)c1nnc(COc2ccc(S(=O)(=O)NCC3CC3)cc2)o1. The van der Waals surface area contributed by atoms with Gasteiger partial charge in [-0.1, -0.05) is 13.8 Å². The van der Waals surface area contributed by atoms with Crippen LogP contribution in [-0.4, -0.2) is 25.2 Å². The van der Waals surface area contributed by atoms with Crippen molar-refractivity contribution in [2.24, 2.45) is 5.92 Å². The van der Waals surface area contributed by atoms with Crippen molar-refractivity contribution in [1.29, 1.82) is 0 Å². The summed E-state index contributed by atoms with van der Waals surface area (Å²) in [7, 11) is -3.45. The Kier molecular flexibility index (Phi) is 4.86. The van der Waals surface area contributed by atoms with E-state index in [1.807, 2.05) is 13.8 Å². The van der Waals surface area contributed by atoms with Gasteiger partial charge in [0.05, 0.1) is 4.90 Å². The van der Waals surface area contributed by atoms with E-state index < -0.39 is 10.0 Å². The Morgan fingerprint density at radius 3 is 2.54 bits per heavy atom. The molecule has 130 valence electrons. The average Bonchev–Trinajstić information content (AvgIpc) is 3.27. The smallest absolute Gasteiger partial charge is 0.253 e. The van der Waals surface area contributed by atoms with E-state index in [2.05, 4.69) is 14.9 Å². The molecule has 1 heterocycles. The minimum absolute atomic E-state index is 0.145. The van der Waals surface area contributed by atoms with E-state index >= 15 is 0 Å². The van der Waals surface area contributed by atoms with Crippen LogP contribution in [0.2, 0.25) is 0 Å². The number of rotatable bonds is 8. The van der Waals surface area contributed by atoms with E-state index in [-0.39, 0.29) is 17.4 Å². The Labute approximate surface area is 141 Å². The number of hydrogen-bond acceptors (Lipinski definition) is 6. The molecule has 7 nitrogen and oxygen atoms in total. The molecule has 1 aromatic heterocycles. The second kappa shape index (κ2) is 6.90. The van der Waals surface area contributed by atoms with Crippen LogP contribution in [0.3, 0.4) is 0 Å². The highest BCUT2D eigenvalue weighted by Crippen LogP contribution is 2.28. The van der Waals surface area contributed by atoms with Crippen LogP contribution in [0, 0.1) is 5.92 Å². The van der Waals surface area contributed by atoms with Crippen LogP contribution in [0.1, 0.15) is 44.4 Å². The summed E-state index contributed by atoms with van der Waals surface area (Å²) in [6.07, 6.45) is 2.20. The monoisotopic (exact) mass is 351 g/mol. The molecule has 0 radical (unpaired) electrons. The van der Waals surface area contributed by atoms with E-state index in [4.69, 9.17) is 9.15 Å². The van der Waals surface area contributed by atoms with Crippen molar-refractivity contribution in [3.05, 3.63) is 36.0 Å². The zero-order chi connectivity index (χ0) is 17.2. The number of sulfonamides is 1. The van der Waals surface area contributed by atoms with Crippen molar-refractivity contribution in [2.45, 2.75) is 44.1 Å². The normalized spacial score (nSPS) is 15.0. The summed E-state index contributed by atoms with van der Waals surface area (Å²) in [5.74, 6) is 2.16. The van der Waals surface area contributed by atoms with Crippen molar-refractivity contribution in [2.75, 3.05) is 6.54 Å². The highest BCUT2D eigenvalue weighted by atomic mass is 32.2. The Morgan fingerprint density at radius 2 is 1.96 bits per heavy atom. The molecule has 1 aliphatic carbocycles. The molecule has 0 unspecified atom stereocenters. The van der Waals surface area contributed by atoms with Crippen molar-refractivity contribution >= 4 is 10.0 Å². The van der Waals surface area contributed by atoms with Crippen molar-refractivity contribution in [3.8, 4) is 5.75 Å². The number of benzene rings is 1. The number of ether oxygens (including phenoxy) is 1. The summed E-state index contributed by atoms with van der Waals surface area (Å²) in [5.41, 5.74) is 0. The number of aromatic nitrogens is 2. The fourth-order valence-electron chi connectivity index (χ4n) is 2.05. The maximum atomic E-state index is 12.1. The number of nitrogens with zero attached hydrogens (tertiary/aromatic N) is 2. The Bertz CT molecular complexity index is 780. The van der Waals surface area contributed by atoms with Crippen molar-refractivity contribution < 1.29 is 17.6 Å². The first kappa shape index (κ1) is 16.9. The van der Waals surface area contributed by atoms with Gasteiger partial charge in [0.25, 0.3) is 5.89 Å². The van der Waals surface area contributed by atoms with Gasteiger partial charge < -0.3 is 9.15 Å². The van der Waals surface area contributed by atoms with Crippen LogP contribution >= 0.6 is 0 Å². The van der Waals surface area contributed by atoms with Crippen LogP contribution in [0.5, 0.6) is 5.75 Å². The second-order valence-corrected chi connectivity index (χ2v) is 8.01. The van der Waals surface area contributed by atoms with Gasteiger partial charge in [0.2, 0.25) is 15.9 Å². The molecular weight excluding hydrogens is 330 g/mol. The molecule has 1 aromatic carbocycles. The highest BCUT2D eigenvalue weighted by molar-refractivity contribution is 7.89. The lowest BCUT2D eigenvalue weighted by molar-refractivity contribution is 0.257. The van der Waals surface area contributed by atoms with E-state index in [9.17, 15) is 8.42 Å². The van der Waals surface area contributed by atoms with Gasteiger partial charge in [0, 0.05) is 12.5 Å². The Balaban J connectivity index is 1.57. The first-order valence-electron chi connectivity index (χ1n) is 7.99. The fourth-order valence-corrected chi connectivity index (χ4v) is 3.17. The Hall–Kier alpha value is -1.93. The minimum atomic E-state index is -3.45. The number of nitrogens with one attached hydrogen (secondary N) is 1. The minimum Gasteiger partial charge on any atom is -0.484 e. The first-order chi connectivity index (χ1) is 11.4. The lowest BCUT2D eigenvalue weighted by Gasteiger charge is -2.07. The lowest BCUT2D eigenvalue weighted by Crippen LogP contribution is -2.25. The molecule has 0 bridgehead atoms. The van der Waals surface area contributed by atoms with Gasteiger partial charge in [-0.2, -0.15) is 0 Å². The zero-order valence-electron chi connectivity index (χ0n) is 13.7. The van der Waals surface area contributed by atoms with E-state index in [1.54, 1.807) is 12.1 Å². The molecule has 1 aliphatic rings. The third-order valence-electron chi connectivity index (χ3n) is 3.73. The van der Waals surface area contributed by atoms with Gasteiger partial charge in [0.15, 0.2) is 6.61 Å². The molecule has 0 spiro atoms. The average molecular weight is 351 g/mol. The molecule has 0 amide bonds. The Morgan fingerprint density at radius 1 is 1.25 bits per heavy atom. The summed E-state index contributed by atoms with van der Waals surface area (Å²) in [5, 5.41) is 7.84. The van der Waals surface area contributed by atoms with Gasteiger partial charge in [0.1, 0.15) is 5.75 Å². The van der Waals surface area contributed by atoms with Crippen molar-refractivity contribution in [1.82, 2.24) is 14.9 Å². The first-order valence-corrected chi connectivity index (χ1v) is 9.47. The predicted molar refractivity (Wildman–Crippen MR) is 87.1 cm³/mol.